The number of carboxylic acids is 1. The molecule has 1 rings (SSSR count). The average Bonchev–Trinajstić information content (AvgIpc) is 2.33. The molecule has 0 atom stereocenters. The maximum Gasteiger partial charge on any atom is 0.303 e. The van der Waals surface area contributed by atoms with Gasteiger partial charge in [0.25, 0.3) is 5.91 Å². The molecule has 0 fully saturated rings. The van der Waals surface area contributed by atoms with Crippen LogP contribution in [0.25, 0.3) is 0 Å². The summed E-state index contributed by atoms with van der Waals surface area (Å²) in [5.41, 5.74) is 0.509. The van der Waals surface area contributed by atoms with Crippen LogP contribution in [0.2, 0.25) is 0 Å². The van der Waals surface area contributed by atoms with Gasteiger partial charge in [-0.1, -0.05) is 6.42 Å². The molecular weight excluding hydrogens is 300 g/mol. The summed E-state index contributed by atoms with van der Waals surface area (Å²) in [6.45, 7) is 0.547. The zero-order chi connectivity index (χ0) is 13.4. The van der Waals surface area contributed by atoms with Crippen LogP contribution >= 0.6 is 15.9 Å². The van der Waals surface area contributed by atoms with Gasteiger partial charge < -0.3 is 10.4 Å². The molecule has 0 unspecified atom stereocenters. The molecule has 1 amide bonds. The summed E-state index contributed by atoms with van der Waals surface area (Å²) >= 11 is 3.25. The van der Waals surface area contributed by atoms with Crippen molar-refractivity contribution in [3.8, 4) is 0 Å². The van der Waals surface area contributed by atoms with Gasteiger partial charge in [0.05, 0.1) is 5.56 Å². The van der Waals surface area contributed by atoms with Crippen LogP contribution in [0.15, 0.2) is 22.9 Å². The zero-order valence-electron chi connectivity index (χ0n) is 9.86. The largest absolute Gasteiger partial charge is 0.481 e. The van der Waals surface area contributed by atoms with Crippen molar-refractivity contribution < 1.29 is 14.7 Å². The lowest BCUT2D eigenvalue weighted by Crippen LogP contribution is -2.24. The molecule has 0 radical (unpaired) electrons. The van der Waals surface area contributed by atoms with Gasteiger partial charge in [-0.3, -0.25) is 14.6 Å². The number of unbranched alkanes of at least 4 members (excludes halogenated alkanes) is 2. The van der Waals surface area contributed by atoms with Gasteiger partial charge in [0.2, 0.25) is 0 Å². The highest BCUT2D eigenvalue weighted by atomic mass is 79.9. The van der Waals surface area contributed by atoms with E-state index in [4.69, 9.17) is 5.11 Å². The Morgan fingerprint density at radius 1 is 1.28 bits per heavy atom. The van der Waals surface area contributed by atoms with Crippen LogP contribution in [0, 0.1) is 0 Å². The summed E-state index contributed by atoms with van der Waals surface area (Å²) in [4.78, 5) is 25.9. The van der Waals surface area contributed by atoms with Crippen molar-refractivity contribution in [3.63, 3.8) is 0 Å². The van der Waals surface area contributed by atoms with E-state index >= 15 is 0 Å². The van der Waals surface area contributed by atoms with E-state index in [9.17, 15) is 9.59 Å². The summed E-state index contributed by atoms with van der Waals surface area (Å²) in [6, 6.07) is 1.70. The number of carbonyl (C=O) groups excluding carboxylic acids is 1. The molecule has 98 valence electrons. The molecule has 1 aromatic heterocycles. The highest BCUT2D eigenvalue weighted by molar-refractivity contribution is 9.10. The Kier molecular flexibility index (Phi) is 6.35. The first-order chi connectivity index (χ1) is 8.59. The quantitative estimate of drug-likeness (QED) is 0.756. The van der Waals surface area contributed by atoms with Crippen molar-refractivity contribution in [2.75, 3.05) is 6.54 Å². The summed E-state index contributed by atoms with van der Waals surface area (Å²) in [6.07, 6.45) is 5.52. The van der Waals surface area contributed by atoms with Crippen LogP contribution < -0.4 is 5.32 Å². The molecule has 0 aliphatic carbocycles. The van der Waals surface area contributed by atoms with E-state index in [1.54, 1.807) is 12.3 Å². The first-order valence-corrected chi connectivity index (χ1v) is 6.49. The number of carbonyl (C=O) groups is 2. The maximum atomic E-state index is 11.7. The SMILES string of the molecule is O=C(O)CCCCCNC(=O)c1cncc(Br)c1. The van der Waals surface area contributed by atoms with Gasteiger partial charge in [0.1, 0.15) is 0 Å². The van der Waals surface area contributed by atoms with Gasteiger partial charge in [-0.15, -0.1) is 0 Å². The molecule has 0 saturated heterocycles. The van der Waals surface area contributed by atoms with Crippen LogP contribution in [-0.2, 0) is 4.79 Å². The lowest BCUT2D eigenvalue weighted by Gasteiger charge is -2.04. The molecule has 0 aliphatic rings. The predicted molar refractivity (Wildman–Crippen MR) is 70.4 cm³/mol. The molecule has 6 heteroatoms. The third-order valence-corrected chi connectivity index (χ3v) is 2.75. The van der Waals surface area contributed by atoms with Crippen LogP contribution in [0.1, 0.15) is 36.0 Å². The van der Waals surface area contributed by atoms with Crippen LogP contribution in [0.3, 0.4) is 0 Å². The highest BCUT2D eigenvalue weighted by Gasteiger charge is 2.05. The number of aliphatic carboxylic acids is 1. The third-order valence-electron chi connectivity index (χ3n) is 2.32. The topological polar surface area (TPSA) is 79.3 Å². The van der Waals surface area contributed by atoms with Gasteiger partial charge in [-0.25, -0.2) is 0 Å². The minimum Gasteiger partial charge on any atom is -0.481 e. The molecule has 1 heterocycles. The highest BCUT2D eigenvalue weighted by Crippen LogP contribution is 2.09. The Balaban J connectivity index is 2.20. The Morgan fingerprint density at radius 2 is 2.06 bits per heavy atom. The molecule has 0 saturated carbocycles. The van der Waals surface area contributed by atoms with Gasteiger partial charge in [0, 0.05) is 29.8 Å². The fraction of sp³-hybridized carbons (Fsp3) is 0.417. The zero-order valence-corrected chi connectivity index (χ0v) is 11.4. The molecule has 1 aromatic rings. The van der Waals surface area contributed by atoms with E-state index in [1.807, 2.05) is 0 Å². The lowest BCUT2D eigenvalue weighted by atomic mass is 10.2. The van der Waals surface area contributed by atoms with Crippen molar-refractivity contribution in [1.29, 1.82) is 0 Å². The van der Waals surface area contributed by atoms with E-state index in [2.05, 4.69) is 26.2 Å². The van der Waals surface area contributed by atoms with Gasteiger partial charge >= 0.3 is 5.97 Å². The second kappa shape index (κ2) is 7.81. The normalized spacial score (nSPS) is 10.1. The molecule has 0 aliphatic heterocycles. The molecule has 0 spiro atoms. The standard InChI is InChI=1S/C12H15BrN2O3/c13-10-6-9(7-14-8-10)12(18)15-5-3-1-2-4-11(16)17/h6-8H,1-5H2,(H,15,18)(H,16,17). The van der Waals surface area contributed by atoms with Gasteiger partial charge in [0.15, 0.2) is 0 Å². The van der Waals surface area contributed by atoms with Crippen LogP contribution in [-0.4, -0.2) is 28.5 Å². The fourth-order valence-corrected chi connectivity index (χ4v) is 1.78. The van der Waals surface area contributed by atoms with Gasteiger partial charge in [-0.05, 0) is 34.8 Å². The second-order valence-corrected chi connectivity index (χ2v) is 4.77. The number of halogens is 1. The first kappa shape index (κ1) is 14.6. The molecule has 5 nitrogen and oxygen atoms in total. The summed E-state index contributed by atoms with van der Waals surface area (Å²) in [5, 5.41) is 11.2. The van der Waals surface area contributed by atoms with E-state index in [-0.39, 0.29) is 12.3 Å². The maximum absolute atomic E-state index is 11.7. The van der Waals surface area contributed by atoms with Crippen molar-refractivity contribution in [3.05, 3.63) is 28.5 Å². The Labute approximate surface area is 114 Å². The minimum atomic E-state index is -0.778. The Hall–Kier alpha value is -1.43. The molecular formula is C12H15BrN2O3. The van der Waals surface area contributed by atoms with E-state index < -0.39 is 5.97 Å². The minimum absolute atomic E-state index is 0.165. The fourth-order valence-electron chi connectivity index (χ4n) is 1.42. The molecule has 18 heavy (non-hydrogen) atoms. The summed E-state index contributed by atoms with van der Waals surface area (Å²) in [7, 11) is 0. The molecule has 2 N–H and O–H groups in total. The smallest absolute Gasteiger partial charge is 0.303 e. The van der Waals surface area contributed by atoms with Crippen molar-refractivity contribution >= 4 is 27.8 Å². The second-order valence-electron chi connectivity index (χ2n) is 3.85. The monoisotopic (exact) mass is 314 g/mol. The van der Waals surface area contributed by atoms with Gasteiger partial charge in [-0.2, -0.15) is 0 Å². The number of hydrogen-bond donors (Lipinski definition) is 2. The molecule has 0 bridgehead atoms. The van der Waals surface area contributed by atoms with Crippen molar-refractivity contribution in [2.45, 2.75) is 25.7 Å². The number of nitrogens with one attached hydrogen (secondary N) is 1. The van der Waals surface area contributed by atoms with E-state index in [0.29, 0.717) is 18.5 Å². The number of hydrogen-bond acceptors (Lipinski definition) is 3. The first-order valence-electron chi connectivity index (χ1n) is 5.70. The Bertz CT molecular complexity index is 424. The third kappa shape index (κ3) is 5.77. The van der Waals surface area contributed by atoms with Crippen LogP contribution in [0.4, 0.5) is 0 Å². The number of carboxylic acid groups (broad SMARTS) is 1. The van der Waals surface area contributed by atoms with Crippen molar-refractivity contribution in [1.82, 2.24) is 10.3 Å². The van der Waals surface area contributed by atoms with E-state index in [0.717, 1.165) is 17.3 Å². The number of rotatable bonds is 7. The summed E-state index contributed by atoms with van der Waals surface area (Å²) < 4.78 is 0.761. The number of nitrogens with zero attached hydrogens (tertiary/aromatic N) is 1. The molecule has 0 aromatic carbocycles. The summed E-state index contributed by atoms with van der Waals surface area (Å²) in [5.74, 6) is -0.943. The van der Waals surface area contributed by atoms with Crippen LogP contribution in [0.5, 0.6) is 0 Å². The number of amides is 1. The number of aromatic nitrogens is 1. The lowest BCUT2D eigenvalue weighted by molar-refractivity contribution is -0.137. The van der Waals surface area contributed by atoms with Crippen molar-refractivity contribution in [2.24, 2.45) is 0 Å². The average molecular weight is 315 g/mol. The Morgan fingerprint density at radius 3 is 2.72 bits per heavy atom. The number of pyridine rings is 1. The predicted octanol–water partition coefficient (Wildman–Crippen LogP) is 2.22. The van der Waals surface area contributed by atoms with E-state index in [1.165, 1.54) is 6.20 Å².